The van der Waals surface area contributed by atoms with Gasteiger partial charge in [0.05, 0.1) is 6.61 Å². The van der Waals surface area contributed by atoms with Crippen LogP contribution in [0.1, 0.15) is 45.7 Å². The zero-order chi connectivity index (χ0) is 14.8. The Morgan fingerprint density at radius 3 is 2.35 bits per heavy atom. The molecule has 0 saturated carbocycles. The monoisotopic (exact) mass is 278 g/mol. The molecule has 1 N–H and O–H groups in total. The van der Waals surface area contributed by atoms with Gasteiger partial charge in [-0.05, 0) is 51.1 Å². The highest BCUT2D eigenvalue weighted by molar-refractivity contribution is 5.28. The van der Waals surface area contributed by atoms with Gasteiger partial charge in [-0.3, -0.25) is 0 Å². The van der Waals surface area contributed by atoms with Gasteiger partial charge in [-0.25, -0.2) is 0 Å². The quantitative estimate of drug-likeness (QED) is 0.709. The number of benzene rings is 1. The number of nitrogens with one attached hydrogen (secondary N) is 1. The fourth-order valence-corrected chi connectivity index (χ4v) is 2.32. The van der Waals surface area contributed by atoms with Gasteiger partial charge in [0.1, 0.15) is 5.75 Å². The van der Waals surface area contributed by atoms with Gasteiger partial charge in [0.15, 0.2) is 0 Å². The van der Waals surface area contributed by atoms with Crippen LogP contribution >= 0.6 is 0 Å². The van der Waals surface area contributed by atoms with Crippen LogP contribution in [-0.4, -0.2) is 37.7 Å². The van der Waals surface area contributed by atoms with Gasteiger partial charge in [0, 0.05) is 19.1 Å². The molecule has 0 bridgehead atoms. The van der Waals surface area contributed by atoms with Crippen molar-refractivity contribution in [2.75, 3.05) is 32.8 Å². The standard InChI is InChI=1S/C17H30N2O/c1-5-13-19(6-2)14-12-18-15(4)16-8-10-17(11-9-16)20-7-3/h8-11,15,18H,5-7,12-14H2,1-4H3. The van der Waals surface area contributed by atoms with Crippen LogP contribution in [0.4, 0.5) is 0 Å². The number of likely N-dealkylation sites (N-methyl/N-ethyl adjacent to an activating group) is 1. The molecule has 0 radical (unpaired) electrons. The molecule has 3 heteroatoms. The van der Waals surface area contributed by atoms with Crippen molar-refractivity contribution in [2.45, 2.75) is 40.2 Å². The lowest BCUT2D eigenvalue weighted by molar-refractivity contribution is 0.284. The summed E-state index contributed by atoms with van der Waals surface area (Å²) in [5, 5.41) is 3.59. The highest BCUT2D eigenvalue weighted by atomic mass is 16.5. The fourth-order valence-electron chi connectivity index (χ4n) is 2.32. The third kappa shape index (κ3) is 5.93. The van der Waals surface area contributed by atoms with Gasteiger partial charge >= 0.3 is 0 Å². The Morgan fingerprint density at radius 1 is 1.10 bits per heavy atom. The Labute approximate surface area is 124 Å². The first-order valence-electron chi connectivity index (χ1n) is 7.89. The summed E-state index contributed by atoms with van der Waals surface area (Å²) in [6.45, 7) is 13.9. The van der Waals surface area contributed by atoms with Gasteiger partial charge in [-0.2, -0.15) is 0 Å². The van der Waals surface area contributed by atoms with Crippen LogP contribution in [0.25, 0.3) is 0 Å². The number of rotatable bonds is 10. The van der Waals surface area contributed by atoms with E-state index in [9.17, 15) is 0 Å². The second-order valence-electron chi connectivity index (χ2n) is 5.11. The lowest BCUT2D eigenvalue weighted by Gasteiger charge is -2.21. The summed E-state index contributed by atoms with van der Waals surface area (Å²) in [6.07, 6.45) is 1.22. The summed E-state index contributed by atoms with van der Waals surface area (Å²) >= 11 is 0. The van der Waals surface area contributed by atoms with Crippen molar-refractivity contribution < 1.29 is 4.74 Å². The first kappa shape index (κ1) is 17.0. The highest BCUT2D eigenvalue weighted by Gasteiger charge is 2.06. The van der Waals surface area contributed by atoms with Crippen molar-refractivity contribution >= 4 is 0 Å². The molecule has 0 heterocycles. The van der Waals surface area contributed by atoms with E-state index in [0.717, 1.165) is 32.0 Å². The van der Waals surface area contributed by atoms with Gasteiger partial charge < -0.3 is 15.0 Å². The van der Waals surface area contributed by atoms with Crippen LogP contribution < -0.4 is 10.1 Å². The van der Waals surface area contributed by atoms with Crippen LogP contribution in [0.3, 0.4) is 0 Å². The van der Waals surface area contributed by atoms with Gasteiger partial charge in [-0.1, -0.05) is 26.0 Å². The molecule has 20 heavy (non-hydrogen) atoms. The van der Waals surface area contributed by atoms with Crippen LogP contribution in [-0.2, 0) is 0 Å². The molecule has 0 aliphatic rings. The number of nitrogens with zero attached hydrogens (tertiary/aromatic N) is 1. The van der Waals surface area contributed by atoms with Gasteiger partial charge in [-0.15, -0.1) is 0 Å². The Hall–Kier alpha value is -1.06. The molecule has 1 rings (SSSR count). The average Bonchev–Trinajstić information content (AvgIpc) is 2.47. The van der Waals surface area contributed by atoms with E-state index >= 15 is 0 Å². The minimum Gasteiger partial charge on any atom is -0.494 e. The molecule has 0 amide bonds. The SMILES string of the molecule is CCCN(CC)CCNC(C)c1ccc(OCC)cc1. The minimum absolute atomic E-state index is 0.381. The second-order valence-corrected chi connectivity index (χ2v) is 5.11. The molecule has 114 valence electrons. The molecule has 3 nitrogen and oxygen atoms in total. The van der Waals surface area contributed by atoms with Crippen molar-refractivity contribution in [2.24, 2.45) is 0 Å². The van der Waals surface area contributed by atoms with Crippen LogP contribution in [0.15, 0.2) is 24.3 Å². The summed E-state index contributed by atoms with van der Waals surface area (Å²) in [5.41, 5.74) is 1.31. The summed E-state index contributed by atoms with van der Waals surface area (Å²) in [4.78, 5) is 2.48. The first-order valence-corrected chi connectivity index (χ1v) is 7.89. The zero-order valence-electron chi connectivity index (χ0n) is 13.5. The zero-order valence-corrected chi connectivity index (χ0v) is 13.5. The predicted molar refractivity (Wildman–Crippen MR) is 86.4 cm³/mol. The van der Waals surface area contributed by atoms with E-state index in [-0.39, 0.29) is 0 Å². The molecule has 1 aromatic carbocycles. The lowest BCUT2D eigenvalue weighted by atomic mass is 10.1. The smallest absolute Gasteiger partial charge is 0.119 e. The Kier molecular flexibility index (Phi) is 8.31. The molecule has 0 aliphatic heterocycles. The summed E-state index contributed by atoms with van der Waals surface area (Å²) in [7, 11) is 0. The molecule has 0 saturated heterocycles. The largest absolute Gasteiger partial charge is 0.494 e. The predicted octanol–water partition coefficient (Wildman–Crippen LogP) is 3.47. The fraction of sp³-hybridized carbons (Fsp3) is 0.647. The van der Waals surface area contributed by atoms with E-state index < -0.39 is 0 Å². The Bertz CT molecular complexity index is 351. The van der Waals surface area contributed by atoms with E-state index in [2.05, 4.69) is 43.1 Å². The van der Waals surface area contributed by atoms with Crippen molar-refractivity contribution in [3.8, 4) is 5.75 Å². The molecule has 1 aromatic rings. The maximum absolute atomic E-state index is 5.47. The number of ether oxygens (including phenoxy) is 1. The molecule has 0 spiro atoms. The topological polar surface area (TPSA) is 24.5 Å². The molecular formula is C17H30N2O. The van der Waals surface area contributed by atoms with Crippen molar-refractivity contribution in [1.29, 1.82) is 0 Å². The van der Waals surface area contributed by atoms with E-state index in [1.807, 2.05) is 19.1 Å². The summed E-state index contributed by atoms with van der Waals surface area (Å²) in [6, 6.07) is 8.77. The lowest BCUT2D eigenvalue weighted by Crippen LogP contribution is -2.33. The second kappa shape index (κ2) is 9.78. The average molecular weight is 278 g/mol. The number of hydrogen-bond acceptors (Lipinski definition) is 3. The molecule has 0 fully saturated rings. The van der Waals surface area contributed by atoms with Crippen molar-refractivity contribution in [3.63, 3.8) is 0 Å². The van der Waals surface area contributed by atoms with Crippen LogP contribution in [0.5, 0.6) is 5.75 Å². The Balaban J connectivity index is 2.36. The molecule has 1 atom stereocenters. The van der Waals surface area contributed by atoms with E-state index in [0.29, 0.717) is 6.04 Å². The molecule has 0 aliphatic carbocycles. The third-order valence-corrected chi connectivity index (χ3v) is 3.56. The first-order chi connectivity index (χ1) is 9.71. The van der Waals surface area contributed by atoms with E-state index in [1.54, 1.807) is 0 Å². The van der Waals surface area contributed by atoms with Crippen molar-refractivity contribution in [1.82, 2.24) is 10.2 Å². The maximum Gasteiger partial charge on any atom is 0.119 e. The molecule has 1 unspecified atom stereocenters. The maximum atomic E-state index is 5.47. The highest BCUT2D eigenvalue weighted by Crippen LogP contribution is 2.17. The summed E-state index contributed by atoms with van der Waals surface area (Å²) in [5.74, 6) is 0.948. The summed E-state index contributed by atoms with van der Waals surface area (Å²) < 4.78 is 5.47. The van der Waals surface area contributed by atoms with E-state index in [4.69, 9.17) is 4.74 Å². The van der Waals surface area contributed by atoms with E-state index in [1.165, 1.54) is 18.5 Å². The normalized spacial score (nSPS) is 12.7. The van der Waals surface area contributed by atoms with Gasteiger partial charge in [0.2, 0.25) is 0 Å². The molecule has 0 aromatic heterocycles. The van der Waals surface area contributed by atoms with Crippen LogP contribution in [0, 0.1) is 0 Å². The Morgan fingerprint density at radius 2 is 1.80 bits per heavy atom. The van der Waals surface area contributed by atoms with Gasteiger partial charge in [0.25, 0.3) is 0 Å². The van der Waals surface area contributed by atoms with Crippen LogP contribution in [0.2, 0.25) is 0 Å². The number of hydrogen-bond donors (Lipinski definition) is 1. The van der Waals surface area contributed by atoms with Crippen molar-refractivity contribution in [3.05, 3.63) is 29.8 Å². The minimum atomic E-state index is 0.381. The third-order valence-electron chi connectivity index (χ3n) is 3.56. The molecular weight excluding hydrogens is 248 g/mol.